The van der Waals surface area contributed by atoms with Gasteiger partial charge in [-0.05, 0) is 31.1 Å². The van der Waals surface area contributed by atoms with E-state index < -0.39 is 5.97 Å². The highest BCUT2D eigenvalue weighted by Crippen LogP contribution is 2.49. The Bertz CT molecular complexity index is 259. The number of carboxylic acid groups (broad SMARTS) is 1. The van der Waals surface area contributed by atoms with E-state index in [1.54, 1.807) is 0 Å². The van der Waals surface area contributed by atoms with Crippen LogP contribution in [0.4, 0.5) is 0 Å². The van der Waals surface area contributed by atoms with Gasteiger partial charge in [0.1, 0.15) is 0 Å². The van der Waals surface area contributed by atoms with Crippen LogP contribution in [-0.4, -0.2) is 35.6 Å². The summed E-state index contributed by atoms with van der Waals surface area (Å²) in [5, 5.41) is 9.09. The minimum Gasteiger partial charge on any atom is -0.481 e. The molecular weight excluding hydrogens is 190 g/mol. The molecule has 0 unspecified atom stereocenters. The fourth-order valence-electron chi connectivity index (χ4n) is 2.73. The van der Waals surface area contributed by atoms with Gasteiger partial charge >= 0.3 is 5.97 Å². The second kappa shape index (κ2) is 3.48. The van der Waals surface area contributed by atoms with Crippen LogP contribution in [0.15, 0.2) is 0 Å². The SMILES string of the molecule is CCC1(CC)CN(CC2(C(=O)O)CC2)C1. The van der Waals surface area contributed by atoms with Crippen LogP contribution in [-0.2, 0) is 4.79 Å². The molecule has 1 saturated heterocycles. The standard InChI is InChI=1S/C12H21NO2/c1-3-11(4-2)7-13(8-11)9-12(5-6-12)10(14)15/h3-9H2,1-2H3,(H,14,15). The number of hydrogen-bond acceptors (Lipinski definition) is 2. The second-order valence-electron chi connectivity index (χ2n) is 5.44. The highest BCUT2D eigenvalue weighted by atomic mass is 16.4. The summed E-state index contributed by atoms with van der Waals surface area (Å²) in [5.74, 6) is -0.590. The number of aliphatic carboxylic acids is 1. The molecule has 1 aliphatic carbocycles. The zero-order valence-corrected chi connectivity index (χ0v) is 9.75. The van der Waals surface area contributed by atoms with Crippen molar-refractivity contribution in [3.05, 3.63) is 0 Å². The van der Waals surface area contributed by atoms with Crippen LogP contribution in [0, 0.1) is 10.8 Å². The Kier molecular flexibility index (Phi) is 2.53. The van der Waals surface area contributed by atoms with Gasteiger partial charge in [0, 0.05) is 19.6 Å². The van der Waals surface area contributed by atoms with Crippen LogP contribution in [0.1, 0.15) is 39.5 Å². The average Bonchev–Trinajstić information content (AvgIpc) is 2.92. The zero-order chi connectivity index (χ0) is 11.1. The first-order chi connectivity index (χ1) is 7.06. The summed E-state index contributed by atoms with van der Waals surface area (Å²) >= 11 is 0. The lowest BCUT2D eigenvalue weighted by atomic mass is 9.74. The molecule has 1 saturated carbocycles. The Balaban J connectivity index is 1.83. The number of nitrogens with zero attached hydrogens (tertiary/aromatic N) is 1. The molecule has 0 aromatic heterocycles. The number of carbonyl (C=O) groups is 1. The molecule has 0 bridgehead atoms. The highest BCUT2D eigenvalue weighted by molar-refractivity contribution is 5.78. The van der Waals surface area contributed by atoms with Gasteiger partial charge in [0.25, 0.3) is 0 Å². The van der Waals surface area contributed by atoms with Crippen LogP contribution in [0.5, 0.6) is 0 Å². The lowest BCUT2D eigenvalue weighted by Gasteiger charge is -2.50. The molecule has 1 heterocycles. The summed E-state index contributed by atoms with van der Waals surface area (Å²) < 4.78 is 0. The molecule has 15 heavy (non-hydrogen) atoms. The number of carboxylic acids is 1. The largest absolute Gasteiger partial charge is 0.481 e. The summed E-state index contributed by atoms with van der Waals surface area (Å²) in [6.45, 7) is 7.48. The van der Waals surface area contributed by atoms with Crippen molar-refractivity contribution in [1.82, 2.24) is 4.90 Å². The monoisotopic (exact) mass is 211 g/mol. The van der Waals surface area contributed by atoms with Crippen molar-refractivity contribution >= 4 is 5.97 Å². The predicted octanol–water partition coefficient (Wildman–Crippen LogP) is 1.97. The lowest BCUT2D eigenvalue weighted by molar-refractivity contribution is -0.145. The quantitative estimate of drug-likeness (QED) is 0.756. The van der Waals surface area contributed by atoms with Crippen LogP contribution in [0.2, 0.25) is 0 Å². The Morgan fingerprint density at radius 1 is 1.27 bits per heavy atom. The van der Waals surface area contributed by atoms with Gasteiger partial charge in [0.05, 0.1) is 5.41 Å². The summed E-state index contributed by atoms with van der Waals surface area (Å²) in [6.07, 6.45) is 4.20. The number of likely N-dealkylation sites (tertiary alicyclic amines) is 1. The van der Waals surface area contributed by atoms with Crippen molar-refractivity contribution in [3.8, 4) is 0 Å². The molecule has 1 N–H and O–H groups in total. The van der Waals surface area contributed by atoms with Gasteiger partial charge in [0.2, 0.25) is 0 Å². The molecule has 0 aromatic carbocycles. The van der Waals surface area contributed by atoms with Crippen molar-refractivity contribution < 1.29 is 9.90 Å². The summed E-state index contributed by atoms with van der Waals surface area (Å²) in [7, 11) is 0. The van der Waals surface area contributed by atoms with Crippen molar-refractivity contribution in [3.63, 3.8) is 0 Å². The van der Waals surface area contributed by atoms with Crippen molar-refractivity contribution in [1.29, 1.82) is 0 Å². The smallest absolute Gasteiger partial charge is 0.310 e. The third-order valence-corrected chi connectivity index (χ3v) is 4.45. The molecule has 3 heteroatoms. The Morgan fingerprint density at radius 3 is 2.13 bits per heavy atom. The molecule has 2 aliphatic rings. The van der Waals surface area contributed by atoms with E-state index in [4.69, 9.17) is 5.11 Å². The molecule has 0 atom stereocenters. The molecule has 2 rings (SSSR count). The van der Waals surface area contributed by atoms with Gasteiger partial charge in [-0.2, -0.15) is 0 Å². The normalized spacial score (nSPS) is 27.1. The first-order valence-electron chi connectivity index (χ1n) is 6.02. The van der Waals surface area contributed by atoms with E-state index in [1.165, 1.54) is 12.8 Å². The van der Waals surface area contributed by atoms with Crippen molar-refractivity contribution in [2.75, 3.05) is 19.6 Å². The van der Waals surface area contributed by atoms with Gasteiger partial charge < -0.3 is 10.0 Å². The molecule has 0 radical (unpaired) electrons. The molecule has 1 aliphatic heterocycles. The number of rotatable bonds is 5. The average molecular weight is 211 g/mol. The fourth-order valence-corrected chi connectivity index (χ4v) is 2.73. The van der Waals surface area contributed by atoms with Crippen molar-refractivity contribution in [2.24, 2.45) is 10.8 Å². The van der Waals surface area contributed by atoms with Crippen LogP contribution < -0.4 is 0 Å². The summed E-state index contributed by atoms with van der Waals surface area (Å²) in [5.41, 5.74) is 0.127. The van der Waals surface area contributed by atoms with Gasteiger partial charge in [-0.25, -0.2) is 0 Å². The van der Waals surface area contributed by atoms with E-state index in [2.05, 4.69) is 18.7 Å². The Hall–Kier alpha value is -0.570. The molecule has 0 spiro atoms. The second-order valence-corrected chi connectivity index (χ2v) is 5.44. The van der Waals surface area contributed by atoms with E-state index in [1.807, 2.05) is 0 Å². The first-order valence-corrected chi connectivity index (χ1v) is 6.02. The molecular formula is C12H21NO2. The van der Waals surface area contributed by atoms with Crippen LogP contribution in [0.25, 0.3) is 0 Å². The highest BCUT2D eigenvalue weighted by Gasteiger charge is 2.53. The van der Waals surface area contributed by atoms with Gasteiger partial charge in [-0.15, -0.1) is 0 Å². The van der Waals surface area contributed by atoms with Gasteiger partial charge in [0.15, 0.2) is 0 Å². The maximum Gasteiger partial charge on any atom is 0.310 e. The lowest BCUT2D eigenvalue weighted by Crippen LogP contribution is -2.57. The zero-order valence-electron chi connectivity index (χ0n) is 9.75. The maximum atomic E-state index is 11.0. The summed E-state index contributed by atoms with van der Waals surface area (Å²) in [6, 6.07) is 0. The Morgan fingerprint density at radius 2 is 1.80 bits per heavy atom. The molecule has 0 amide bonds. The topological polar surface area (TPSA) is 40.5 Å². The van der Waals surface area contributed by atoms with Gasteiger partial charge in [-0.3, -0.25) is 4.79 Å². The molecule has 3 nitrogen and oxygen atoms in total. The number of hydrogen-bond donors (Lipinski definition) is 1. The van der Waals surface area contributed by atoms with Crippen molar-refractivity contribution in [2.45, 2.75) is 39.5 Å². The molecule has 86 valence electrons. The van der Waals surface area contributed by atoms with E-state index >= 15 is 0 Å². The third-order valence-electron chi connectivity index (χ3n) is 4.45. The van der Waals surface area contributed by atoms with E-state index in [0.717, 1.165) is 32.5 Å². The van der Waals surface area contributed by atoms with E-state index in [-0.39, 0.29) is 5.41 Å². The maximum absolute atomic E-state index is 11.0. The first kappa shape index (κ1) is 10.9. The predicted molar refractivity (Wildman–Crippen MR) is 58.8 cm³/mol. The van der Waals surface area contributed by atoms with E-state index in [9.17, 15) is 4.79 Å². The minimum atomic E-state index is -0.590. The minimum absolute atomic E-state index is 0.367. The van der Waals surface area contributed by atoms with E-state index in [0.29, 0.717) is 5.41 Å². The Labute approximate surface area is 91.5 Å². The third kappa shape index (κ3) is 1.78. The molecule has 2 fully saturated rings. The van der Waals surface area contributed by atoms with Crippen LogP contribution in [0.3, 0.4) is 0 Å². The fraction of sp³-hybridized carbons (Fsp3) is 0.917. The van der Waals surface area contributed by atoms with Crippen LogP contribution >= 0.6 is 0 Å². The summed E-state index contributed by atoms with van der Waals surface area (Å²) in [4.78, 5) is 13.4. The molecule has 0 aromatic rings. The van der Waals surface area contributed by atoms with Gasteiger partial charge in [-0.1, -0.05) is 13.8 Å².